The maximum atomic E-state index is 8.21. The molecule has 4 fully saturated rings. The van der Waals surface area contributed by atoms with Crippen LogP contribution in [0.3, 0.4) is 0 Å². The van der Waals surface area contributed by atoms with Crippen molar-refractivity contribution in [3.8, 4) is 11.1 Å². The molecule has 2 aromatic carbocycles. The largest absolute Gasteiger partial charge is 2.00 e. The second-order valence-corrected chi connectivity index (χ2v) is 13.7. The van der Waals surface area contributed by atoms with Crippen molar-refractivity contribution in [3.63, 3.8) is 0 Å². The molecule has 0 heterocycles. The minimum atomic E-state index is 0. The zero-order chi connectivity index (χ0) is 25.4. The predicted molar refractivity (Wildman–Crippen MR) is 156 cm³/mol. The Bertz CT molecular complexity index is 906. The van der Waals surface area contributed by atoms with Crippen molar-refractivity contribution in [3.05, 3.63) is 89.2 Å². The van der Waals surface area contributed by atoms with Gasteiger partial charge in [-0.3, -0.25) is 6.08 Å². The van der Waals surface area contributed by atoms with E-state index >= 15 is 0 Å². The van der Waals surface area contributed by atoms with Crippen LogP contribution in [0.5, 0.6) is 0 Å². The molecule has 0 spiro atoms. The van der Waals surface area contributed by atoms with Crippen LogP contribution in [0.1, 0.15) is 66.2 Å². The molecule has 1 atom stereocenters. The quantitative estimate of drug-likeness (QED) is 0.224. The second kappa shape index (κ2) is 15.0. The summed E-state index contributed by atoms with van der Waals surface area (Å²) in [6.07, 6.45) is 11.5. The average molecular weight is 621 g/mol. The first-order chi connectivity index (χ1) is 16.7. The van der Waals surface area contributed by atoms with E-state index in [9.17, 15) is 0 Å². The third kappa shape index (κ3) is 8.95. The summed E-state index contributed by atoms with van der Waals surface area (Å²) in [4.78, 5) is 0. The molecule has 0 aliphatic heterocycles. The Morgan fingerprint density at radius 1 is 0.750 bits per heavy atom. The summed E-state index contributed by atoms with van der Waals surface area (Å²) in [5.74, 6) is 7.99. The maximum absolute atomic E-state index is 8.21. The molecule has 7 rings (SSSR count). The summed E-state index contributed by atoms with van der Waals surface area (Å²) in [6.45, 7) is 8.67. The third-order valence-electron chi connectivity index (χ3n) is 8.16. The zero-order valence-electron chi connectivity index (χ0n) is 23.4. The molecule has 1 radical (unpaired) electrons. The molecule has 0 amide bonds. The van der Waals surface area contributed by atoms with Crippen LogP contribution in [0.2, 0.25) is 11.5 Å². The Kier molecular flexibility index (Phi) is 13.2. The van der Waals surface area contributed by atoms with E-state index in [0.717, 1.165) is 17.8 Å². The van der Waals surface area contributed by atoms with Crippen LogP contribution in [0.15, 0.2) is 77.4 Å². The minimum absolute atomic E-state index is 0. The molecule has 5 aliphatic rings. The summed E-state index contributed by atoms with van der Waals surface area (Å²) in [6, 6.07) is 20.8. The van der Waals surface area contributed by atoms with E-state index < -0.39 is 0 Å². The maximum Gasteiger partial charge on any atom is 2.00 e. The molecule has 0 aromatic heterocycles. The number of hydrogen-bond donors (Lipinski definition) is 0. The minimum Gasteiger partial charge on any atom is -0.672 e. The van der Waals surface area contributed by atoms with Gasteiger partial charge in [0.25, 0.3) is 0 Å². The van der Waals surface area contributed by atoms with E-state index in [1.54, 1.807) is 0 Å². The van der Waals surface area contributed by atoms with Crippen LogP contribution in [0.4, 0.5) is 0 Å². The van der Waals surface area contributed by atoms with Gasteiger partial charge in [-0.05, 0) is 48.1 Å². The van der Waals surface area contributed by atoms with Gasteiger partial charge >= 0.3 is 53.1 Å². The molecule has 4 saturated carbocycles. The molecule has 4 bridgehead atoms. The molecule has 1 unspecified atom stereocenters. The Morgan fingerprint density at radius 3 is 1.33 bits per heavy atom. The zero-order valence-corrected chi connectivity index (χ0v) is 28.3. The Balaban J connectivity index is 0.000000180. The fraction of sp³-hybridized carbons (Fsp3) is 0.515. The van der Waals surface area contributed by atoms with Crippen molar-refractivity contribution in [1.29, 1.82) is 0 Å². The Labute approximate surface area is 247 Å². The van der Waals surface area contributed by atoms with Gasteiger partial charge in [0.1, 0.15) is 0 Å². The van der Waals surface area contributed by atoms with E-state index in [-0.39, 0.29) is 31.7 Å². The second-order valence-electron chi connectivity index (χ2n) is 11.3. The molecule has 36 heavy (non-hydrogen) atoms. The van der Waals surface area contributed by atoms with Crippen molar-refractivity contribution >= 4 is 15.4 Å². The van der Waals surface area contributed by atoms with Crippen molar-refractivity contribution in [1.82, 2.24) is 0 Å². The van der Waals surface area contributed by atoms with E-state index in [1.807, 2.05) is 12.1 Å². The smallest absolute Gasteiger partial charge is 0.672 e. The molecule has 1 nitrogen and oxygen atoms in total. The number of hydrogen-bond acceptors (Lipinski definition) is 0. The summed E-state index contributed by atoms with van der Waals surface area (Å²) >= 11 is 0.312. The van der Waals surface area contributed by atoms with Crippen LogP contribution < -0.4 is 0 Å². The number of allylic oxidation sites excluding steroid dienone is 4. The molecule has 1 N–H and O–H groups in total. The number of nitrogens with one attached hydrogen (secondary N) is 1. The van der Waals surface area contributed by atoms with Gasteiger partial charge in [0.15, 0.2) is 0 Å². The first kappa shape index (κ1) is 31.5. The first-order valence-electron chi connectivity index (χ1n) is 13.6. The van der Waals surface area contributed by atoms with Gasteiger partial charge in [0.2, 0.25) is 0 Å². The van der Waals surface area contributed by atoms with Crippen molar-refractivity contribution < 1.29 is 26.2 Å². The molecular weight excluding hydrogens is 574 g/mol. The van der Waals surface area contributed by atoms with Gasteiger partial charge in [-0.15, -0.1) is 12.5 Å². The van der Waals surface area contributed by atoms with Crippen molar-refractivity contribution in [2.24, 2.45) is 23.7 Å². The van der Waals surface area contributed by atoms with E-state index in [0.29, 0.717) is 21.3 Å². The van der Waals surface area contributed by atoms with E-state index in [4.69, 9.17) is 5.73 Å². The first-order valence-corrected chi connectivity index (χ1v) is 18.5. The standard InChI is InChI=1S/C12H10.C10H16N.C9H13.C2H7Ge.Zr/c1-3-7-11(8-4-1)12-9-5-2-6-10-12;11-10-4-7-1-8(5-10)3-9(2-7)6-10;1-6-5-7(2)9(4)8(6)3;1-3-2;/h1-10H;7-9,11H,1-6H2;6H,1-4H3;3H,1-2H3;/q;2*-1;;+2. The normalized spacial score (nSPS) is 28.9. The van der Waals surface area contributed by atoms with Crippen LogP contribution in [0, 0.1) is 29.7 Å². The van der Waals surface area contributed by atoms with E-state index in [1.165, 1.54) is 66.4 Å². The fourth-order valence-electron chi connectivity index (χ4n) is 6.53. The van der Waals surface area contributed by atoms with Gasteiger partial charge in [-0.25, -0.2) is 5.57 Å². The van der Waals surface area contributed by atoms with Crippen molar-refractivity contribution in [2.75, 3.05) is 0 Å². The molecule has 0 saturated heterocycles. The Morgan fingerprint density at radius 2 is 1.11 bits per heavy atom. The average Bonchev–Trinajstić information content (AvgIpc) is 3.05. The summed E-state index contributed by atoms with van der Waals surface area (Å²) in [7, 11) is 0. The summed E-state index contributed by atoms with van der Waals surface area (Å²) in [5, 5.41) is 0. The monoisotopic (exact) mass is 620 g/mol. The number of benzene rings is 2. The van der Waals surface area contributed by atoms with Gasteiger partial charge < -0.3 is 5.73 Å². The van der Waals surface area contributed by atoms with Gasteiger partial charge in [-0.2, -0.15) is 11.1 Å². The molecule has 5 aliphatic carbocycles. The molecule has 191 valence electrons. The number of rotatable bonds is 1. The third-order valence-corrected chi connectivity index (χ3v) is 8.16. The fourth-order valence-corrected chi connectivity index (χ4v) is 6.53. The summed E-state index contributed by atoms with van der Waals surface area (Å²) < 4.78 is 0. The summed E-state index contributed by atoms with van der Waals surface area (Å²) in [5.41, 5.74) is 15.1. The molecule has 2 aromatic rings. The van der Waals surface area contributed by atoms with E-state index in [2.05, 4.69) is 93.8 Å². The topological polar surface area (TPSA) is 23.8 Å². The van der Waals surface area contributed by atoms with Gasteiger partial charge in [0, 0.05) is 0 Å². The Hall–Kier alpha value is -0.694. The van der Waals surface area contributed by atoms with Crippen molar-refractivity contribution in [2.45, 2.75) is 83.3 Å². The van der Waals surface area contributed by atoms with Gasteiger partial charge in [-0.1, -0.05) is 107 Å². The van der Waals surface area contributed by atoms with Crippen LogP contribution in [-0.2, 0) is 26.2 Å². The SMILES string of the molecule is CC1=[C-]C(C)C(C)=C1C.[CH3][GeH][CH3].[NH-]C12CC3CC(CC(C3)C1)C2.[Zr+2].c1ccc(-c2ccccc2)cc1. The van der Waals surface area contributed by atoms with Crippen LogP contribution in [-0.4, -0.2) is 21.0 Å². The van der Waals surface area contributed by atoms with Crippen LogP contribution >= 0.6 is 0 Å². The van der Waals surface area contributed by atoms with Gasteiger partial charge in [0.05, 0.1) is 0 Å². The predicted octanol–water partition coefficient (Wildman–Crippen LogP) is 9.60. The molecular formula is C33H46GeNZr. The van der Waals surface area contributed by atoms with Crippen LogP contribution in [0.25, 0.3) is 16.9 Å². The molecule has 3 heteroatoms.